The van der Waals surface area contributed by atoms with Crippen LogP contribution in [0.3, 0.4) is 0 Å². The van der Waals surface area contributed by atoms with E-state index in [-0.39, 0.29) is 0 Å². The number of hydrogen-bond acceptors (Lipinski definition) is 5. The van der Waals surface area contributed by atoms with E-state index in [0.29, 0.717) is 6.04 Å². The lowest BCUT2D eigenvalue weighted by molar-refractivity contribution is 0.994. The average Bonchev–Trinajstić information content (AvgIpc) is 3.06. The lowest BCUT2D eigenvalue weighted by Crippen LogP contribution is -1.99. The van der Waals surface area contributed by atoms with Crippen molar-refractivity contribution in [2.45, 2.75) is 29.0 Å². The van der Waals surface area contributed by atoms with Gasteiger partial charge in [-0.15, -0.1) is 10.2 Å². The fourth-order valence-electron chi connectivity index (χ4n) is 1.48. The summed E-state index contributed by atoms with van der Waals surface area (Å²) in [6.45, 7) is 0. The molecule has 0 spiro atoms. The summed E-state index contributed by atoms with van der Waals surface area (Å²) in [5.74, 6) is 0.831. The van der Waals surface area contributed by atoms with Crippen LogP contribution in [0.25, 0.3) is 0 Å². The Hall–Kier alpha value is -0.780. The smallest absolute Gasteiger partial charge is 0.206 e. The minimum absolute atomic E-state index is 0.624. The van der Waals surface area contributed by atoms with Crippen LogP contribution in [0.2, 0.25) is 5.02 Å². The Morgan fingerprint density at radius 1 is 1.33 bits per heavy atom. The van der Waals surface area contributed by atoms with Gasteiger partial charge in [0.25, 0.3) is 0 Å². The lowest BCUT2D eigenvalue weighted by atomic mass is 10.2. The largest absolute Gasteiger partial charge is 0.357 e. The van der Waals surface area contributed by atoms with Gasteiger partial charge in [-0.1, -0.05) is 52.9 Å². The second-order valence-electron chi connectivity index (χ2n) is 4.17. The van der Waals surface area contributed by atoms with Crippen molar-refractivity contribution in [3.63, 3.8) is 0 Å². The van der Waals surface area contributed by atoms with Gasteiger partial charge >= 0.3 is 0 Å². The SMILES string of the molecule is Clc1ccccc1CSc1nnc(NC2CC2)s1. The zero-order valence-electron chi connectivity index (χ0n) is 9.60. The van der Waals surface area contributed by atoms with Gasteiger partial charge in [0.05, 0.1) is 0 Å². The van der Waals surface area contributed by atoms with Gasteiger partial charge in [0.1, 0.15) is 0 Å². The second kappa shape index (κ2) is 5.47. The van der Waals surface area contributed by atoms with Crippen molar-refractivity contribution in [1.82, 2.24) is 10.2 Å². The molecule has 1 aliphatic rings. The van der Waals surface area contributed by atoms with E-state index in [2.05, 4.69) is 15.5 Å². The number of benzene rings is 1. The molecular weight excluding hydrogens is 286 g/mol. The Labute approximate surface area is 119 Å². The van der Waals surface area contributed by atoms with Crippen molar-refractivity contribution < 1.29 is 0 Å². The van der Waals surface area contributed by atoms with E-state index in [1.165, 1.54) is 12.8 Å². The predicted molar refractivity (Wildman–Crippen MR) is 77.6 cm³/mol. The maximum Gasteiger partial charge on any atom is 0.206 e. The Balaban J connectivity index is 1.59. The first-order chi connectivity index (χ1) is 8.81. The summed E-state index contributed by atoms with van der Waals surface area (Å²) in [6.07, 6.45) is 2.50. The highest BCUT2D eigenvalue weighted by Crippen LogP contribution is 2.32. The van der Waals surface area contributed by atoms with Gasteiger partial charge in [-0.25, -0.2) is 0 Å². The molecule has 18 heavy (non-hydrogen) atoms. The van der Waals surface area contributed by atoms with E-state index in [4.69, 9.17) is 11.6 Å². The first kappa shape index (κ1) is 12.3. The Morgan fingerprint density at radius 3 is 2.94 bits per heavy atom. The van der Waals surface area contributed by atoms with Crippen molar-refractivity contribution in [3.8, 4) is 0 Å². The number of nitrogens with one attached hydrogen (secondary N) is 1. The third kappa shape index (κ3) is 3.16. The lowest BCUT2D eigenvalue weighted by Gasteiger charge is -2.00. The number of halogens is 1. The number of nitrogens with zero attached hydrogens (tertiary/aromatic N) is 2. The molecule has 94 valence electrons. The highest BCUT2D eigenvalue weighted by molar-refractivity contribution is 8.00. The molecule has 1 fully saturated rings. The highest BCUT2D eigenvalue weighted by atomic mass is 35.5. The molecule has 0 unspecified atom stereocenters. The van der Waals surface area contributed by atoms with Gasteiger partial charge < -0.3 is 5.32 Å². The van der Waals surface area contributed by atoms with Crippen molar-refractivity contribution in [3.05, 3.63) is 34.9 Å². The molecule has 6 heteroatoms. The van der Waals surface area contributed by atoms with Gasteiger partial charge in [-0.05, 0) is 24.5 Å². The van der Waals surface area contributed by atoms with Crippen molar-refractivity contribution in [2.24, 2.45) is 0 Å². The number of hydrogen-bond donors (Lipinski definition) is 1. The molecule has 1 N–H and O–H groups in total. The third-order valence-electron chi connectivity index (χ3n) is 2.62. The number of anilines is 1. The first-order valence-corrected chi connectivity index (χ1v) is 7.95. The highest BCUT2D eigenvalue weighted by Gasteiger charge is 2.22. The minimum atomic E-state index is 0.624. The van der Waals surface area contributed by atoms with Crippen LogP contribution in [0.15, 0.2) is 28.6 Å². The third-order valence-corrected chi connectivity index (χ3v) is 5.03. The fourth-order valence-corrected chi connectivity index (χ4v) is 3.60. The molecule has 0 radical (unpaired) electrons. The van der Waals surface area contributed by atoms with Gasteiger partial charge in [-0.2, -0.15) is 0 Å². The maximum absolute atomic E-state index is 6.11. The zero-order valence-corrected chi connectivity index (χ0v) is 12.0. The Bertz CT molecular complexity index is 540. The predicted octanol–water partition coefficient (Wildman–Crippen LogP) is 4.06. The molecule has 0 saturated heterocycles. The molecule has 0 atom stereocenters. The minimum Gasteiger partial charge on any atom is -0.357 e. The Morgan fingerprint density at radius 2 is 2.17 bits per heavy atom. The van der Waals surface area contributed by atoms with Crippen LogP contribution >= 0.6 is 34.7 Å². The van der Waals surface area contributed by atoms with Crippen LogP contribution < -0.4 is 5.32 Å². The first-order valence-electron chi connectivity index (χ1n) is 5.77. The van der Waals surface area contributed by atoms with E-state index in [0.717, 1.165) is 25.8 Å². The van der Waals surface area contributed by atoms with E-state index in [9.17, 15) is 0 Å². The molecule has 0 bridgehead atoms. The van der Waals surface area contributed by atoms with E-state index in [1.807, 2.05) is 24.3 Å². The summed E-state index contributed by atoms with van der Waals surface area (Å²) in [7, 11) is 0. The average molecular weight is 298 g/mol. The van der Waals surface area contributed by atoms with Crippen LogP contribution in [-0.4, -0.2) is 16.2 Å². The molecule has 1 aliphatic carbocycles. The molecule has 1 aromatic carbocycles. The summed E-state index contributed by atoms with van der Waals surface area (Å²) >= 11 is 9.40. The topological polar surface area (TPSA) is 37.8 Å². The Kier molecular flexibility index (Phi) is 3.72. The summed E-state index contributed by atoms with van der Waals surface area (Å²) in [5.41, 5.74) is 1.14. The van der Waals surface area contributed by atoms with Crippen LogP contribution in [-0.2, 0) is 5.75 Å². The van der Waals surface area contributed by atoms with Gasteiger partial charge in [0, 0.05) is 16.8 Å². The summed E-state index contributed by atoms with van der Waals surface area (Å²) in [4.78, 5) is 0. The molecule has 3 rings (SSSR count). The van der Waals surface area contributed by atoms with Crippen LogP contribution in [0, 0.1) is 0 Å². The monoisotopic (exact) mass is 297 g/mol. The van der Waals surface area contributed by atoms with Crippen LogP contribution in [0.4, 0.5) is 5.13 Å². The summed E-state index contributed by atoms with van der Waals surface area (Å²) in [5, 5.41) is 13.4. The van der Waals surface area contributed by atoms with E-state index < -0.39 is 0 Å². The van der Waals surface area contributed by atoms with Crippen LogP contribution in [0.1, 0.15) is 18.4 Å². The molecule has 2 aromatic rings. The molecule has 0 amide bonds. The van der Waals surface area contributed by atoms with Gasteiger partial charge in [-0.3, -0.25) is 0 Å². The number of rotatable bonds is 5. The number of aromatic nitrogens is 2. The molecule has 1 aromatic heterocycles. The molecule has 1 saturated carbocycles. The molecule has 3 nitrogen and oxygen atoms in total. The summed E-state index contributed by atoms with van der Waals surface area (Å²) in [6, 6.07) is 8.53. The van der Waals surface area contributed by atoms with Gasteiger partial charge in [0.15, 0.2) is 4.34 Å². The van der Waals surface area contributed by atoms with E-state index >= 15 is 0 Å². The van der Waals surface area contributed by atoms with E-state index in [1.54, 1.807) is 23.1 Å². The van der Waals surface area contributed by atoms with Crippen molar-refractivity contribution in [1.29, 1.82) is 0 Å². The summed E-state index contributed by atoms with van der Waals surface area (Å²) < 4.78 is 0.984. The maximum atomic E-state index is 6.11. The normalized spacial score (nSPS) is 14.7. The van der Waals surface area contributed by atoms with Crippen molar-refractivity contribution >= 4 is 39.8 Å². The van der Waals surface area contributed by atoms with Crippen LogP contribution in [0.5, 0.6) is 0 Å². The fraction of sp³-hybridized carbons (Fsp3) is 0.333. The molecular formula is C12H12ClN3S2. The quantitative estimate of drug-likeness (QED) is 0.845. The zero-order chi connectivity index (χ0) is 12.4. The van der Waals surface area contributed by atoms with Crippen molar-refractivity contribution in [2.75, 3.05) is 5.32 Å². The molecule has 1 heterocycles. The second-order valence-corrected chi connectivity index (χ2v) is 6.78. The standard InChI is InChI=1S/C12H12ClN3S2/c13-10-4-2-1-3-8(10)7-17-12-16-15-11(18-12)14-9-5-6-9/h1-4,9H,5-7H2,(H,14,15). The molecule has 0 aliphatic heterocycles. The number of thioether (sulfide) groups is 1. The van der Waals surface area contributed by atoms with Gasteiger partial charge in [0.2, 0.25) is 5.13 Å².